The molecule has 0 radical (unpaired) electrons. The first kappa shape index (κ1) is 10.7. The highest BCUT2D eigenvalue weighted by atomic mass is 32.1. The minimum absolute atomic E-state index is 0.405. The molecule has 1 N–H and O–H groups in total. The number of aromatic amines is 1. The third-order valence-electron chi connectivity index (χ3n) is 3.29. The molecule has 0 bridgehead atoms. The quantitative estimate of drug-likeness (QED) is 0.883. The number of nitrogens with zero attached hydrogens (tertiary/aromatic N) is 1. The molecule has 0 aromatic carbocycles. The minimum Gasteiger partial charge on any atom is -0.360 e. The molecule has 88 valence electrons. The van der Waals surface area contributed by atoms with Gasteiger partial charge >= 0.3 is 0 Å². The van der Waals surface area contributed by atoms with Crippen LogP contribution in [0.2, 0.25) is 0 Å². The fourth-order valence-electron chi connectivity index (χ4n) is 2.28. The zero-order chi connectivity index (χ0) is 11.7. The number of H-pyrrole nitrogens is 1. The molecule has 2 aromatic heterocycles. The molecule has 4 heteroatoms. The number of ketones is 1. The fourth-order valence-corrected chi connectivity index (χ4v) is 3.27. The van der Waals surface area contributed by atoms with Gasteiger partial charge in [-0.15, -0.1) is 11.3 Å². The molecule has 0 unspecified atom stereocenters. The lowest BCUT2D eigenvalue weighted by Crippen LogP contribution is -2.12. The Hall–Kier alpha value is -1.42. The van der Waals surface area contributed by atoms with Crippen molar-refractivity contribution in [2.24, 2.45) is 0 Å². The first-order valence-corrected chi connectivity index (χ1v) is 6.82. The number of nitrogens with one attached hydrogen (secondary N) is 1. The highest BCUT2D eigenvalue weighted by molar-refractivity contribution is 7.10. The number of carbonyl (C=O) groups excluding carboxylic acids is 1. The van der Waals surface area contributed by atoms with Crippen molar-refractivity contribution in [2.45, 2.75) is 31.6 Å². The summed E-state index contributed by atoms with van der Waals surface area (Å²) in [6.45, 7) is 0. The SMILES string of the molecule is O=C1CCC(c2nc(-c3ccc[nH]3)cs2)CC1. The second-order valence-electron chi connectivity index (χ2n) is 4.47. The molecular formula is C13H14N2OS. The van der Waals surface area contributed by atoms with Gasteiger partial charge in [-0.1, -0.05) is 0 Å². The predicted octanol–water partition coefficient (Wildman–Crippen LogP) is 3.36. The van der Waals surface area contributed by atoms with Crippen LogP contribution in [0.4, 0.5) is 0 Å². The molecule has 2 heterocycles. The lowest BCUT2D eigenvalue weighted by molar-refractivity contribution is -0.120. The Morgan fingerprint density at radius 2 is 2.18 bits per heavy atom. The summed E-state index contributed by atoms with van der Waals surface area (Å²) < 4.78 is 0. The Balaban J connectivity index is 1.79. The Bertz CT molecular complexity index is 505. The van der Waals surface area contributed by atoms with Gasteiger partial charge in [0.1, 0.15) is 5.78 Å². The topological polar surface area (TPSA) is 45.8 Å². The van der Waals surface area contributed by atoms with Crippen LogP contribution in [0, 0.1) is 0 Å². The van der Waals surface area contributed by atoms with Crippen molar-refractivity contribution in [3.8, 4) is 11.4 Å². The van der Waals surface area contributed by atoms with Gasteiger partial charge in [-0.25, -0.2) is 4.98 Å². The average molecular weight is 246 g/mol. The van der Waals surface area contributed by atoms with Crippen LogP contribution in [0.15, 0.2) is 23.7 Å². The summed E-state index contributed by atoms with van der Waals surface area (Å²) in [5.74, 6) is 0.892. The summed E-state index contributed by atoms with van der Waals surface area (Å²) in [5.41, 5.74) is 2.09. The number of hydrogen-bond donors (Lipinski definition) is 1. The third kappa shape index (κ3) is 2.17. The first-order chi connectivity index (χ1) is 8.33. The van der Waals surface area contributed by atoms with Crippen LogP contribution < -0.4 is 0 Å². The molecule has 1 fully saturated rings. The average Bonchev–Trinajstić information content (AvgIpc) is 3.00. The molecule has 1 aliphatic rings. The van der Waals surface area contributed by atoms with Gasteiger partial charge in [0.25, 0.3) is 0 Å². The van der Waals surface area contributed by atoms with Gasteiger partial charge in [0, 0.05) is 30.3 Å². The van der Waals surface area contributed by atoms with Gasteiger partial charge in [0.15, 0.2) is 0 Å². The summed E-state index contributed by atoms with van der Waals surface area (Å²) in [7, 11) is 0. The molecule has 0 aliphatic heterocycles. The smallest absolute Gasteiger partial charge is 0.132 e. The molecule has 17 heavy (non-hydrogen) atoms. The van der Waals surface area contributed by atoms with Crippen LogP contribution in [0.5, 0.6) is 0 Å². The molecule has 3 nitrogen and oxygen atoms in total. The van der Waals surface area contributed by atoms with Crippen molar-refractivity contribution >= 4 is 17.1 Å². The van der Waals surface area contributed by atoms with Gasteiger partial charge < -0.3 is 4.98 Å². The van der Waals surface area contributed by atoms with Gasteiger partial charge in [0.05, 0.1) is 16.4 Å². The summed E-state index contributed by atoms with van der Waals surface area (Å²) in [5, 5.41) is 3.28. The van der Waals surface area contributed by atoms with Crippen LogP contribution in [-0.4, -0.2) is 15.8 Å². The normalized spacial score (nSPS) is 17.5. The van der Waals surface area contributed by atoms with E-state index in [1.807, 2.05) is 18.3 Å². The maximum atomic E-state index is 11.2. The van der Waals surface area contributed by atoms with E-state index in [9.17, 15) is 4.79 Å². The zero-order valence-electron chi connectivity index (χ0n) is 9.48. The first-order valence-electron chi connectivity index (χ1n) is 5.94. The Morgan fingerprint density at radius 3 is 2.88 bits per heavy atom. The van der Waals surface area contributed by atoms with Crippen molar-refractivity contribution in [2.75, 3.05) is 0 Å². The largest absolute Gasteiger partial charge is 0.360 e. The van der Waals surface area contributed by atoms with Crippen molar-refractivity contribution in [1.82, 2.24) is 9.97 Å². The van der Waals surface area contributed by atoms with E-state index in [0.717, 1.165) is 37.1 Å². The van der Waals surface area contributed by atoms with Crippen LogP contribution >= 0.6 is 11.3 Å². The predicted molar refractivity (Wildman–Crippen MR) is 68.1 cm³/mol. The van der Waals surface area contributed by atoms with E-state index < -0.39 is 0 Å². The zero-order valence-corrected chi connectivity index (χ0v) is 10.3. The van der Waals surface area contributed by atoms with E-state index in [4.69, 9.17) is 0 Å². The fraction of sp³-hybridized carbons (Fsp3) is 0.385. The molecule has 0 atom stereocenters. The van der Waals surface area contributed by atoms with E-state index >= 15 is 0 Å². The summed E-state index contributed by atoms with van der Waals surface area (Å²) in [4.78, 5) is 19.1. The maximum absolute atomic E-state index is 11.2. The molecule has 0 spiro atoms. The van der Waals surface area contributed by atoms with Crippen molar-refractivity contribution in [3.05, 3.63) is 28.7 Å². The number of Topliss-reactive ketones (excluding diaryl/α,β-unsaturated/α-hetero) is 1. The molecule has 1 aliphatic carbocycles. The minimum atomic E-state index is 0.405. The van der Waals surface area contributed by atoms with E-state index in [0.29, 0.717) is 11.7 Å². The summed E-state index contributed by atoms with van der Waals surface area (Å²) in [6, 6.07) is 4.01. The van der Waals surface area contributed by atoms with Gasteiger partial charge in [-0.2, -0.15) is 0 Å². The van der Waals surface area contributed by atoms with Crippen molar-refractivity contribution in [1.29, 1.82) is 0 Å². The van der Waals surface area contributed by atoms with Crippen LogP contribution in [0.25, 0.3) is 11.4 Å². The molecule has 3 rings (SSSR count). The van der Waals surface area contributed by atoms with Gasteiger partial charge in [-0.3, -0.25) is 4.79 Å². The van der Waals surface area contributed by atoms with E-state index in [1.54, 1.807) is 11.3 Å². The second-order valence-corrected chi connectivity index (χ2v) is 5.36. The maximum Gasteiger partial charge on any atom is 0.132 e. The van der Waals surface area contributed by atoms with Gasteiger partial charge in [-0.05, 0) is 25.0 Å². The number of carbonyl (C=O) groups is 1. The standard InChI is InChI=1S/C13H14N2OS/c16-10-5-3-9(4-6-10)13-15-12(8-17-13)11-2-1-7-14-11/h1-2,7-9,14H,3-6H2. The molecule has 0 saturated heterocycles. The lowest BCUT2D eigenvalue weighted by Gasteiger charge is -2.18. The Morgan fingerprint density at radius 1 is 1.35 bits per heavy atom. The van der Waals surface area contributed by atoms with Crippen LogP contribution in [-0.2, 0) is 4.79 Å². The number of thiazole rings is 1. The summed E-state index contributed by atoms with van der Waals surface area (Å²) in [6.07, 6.45) is 5.30. The number of hydrogen-bond acceptors (Lipinski definition) is 3. The van der Waals surface area contributed by atoms with Crippen molar-refractivity contribution < 1.29 is 4.79 Å². The van der Waals surface area contributed by atoms with E-state index in [2.05, 4.69) is 15.3 Å². The third-order valence-corrected chi connectivity index (χ3v) is 4.30. The Labute approximate surface area is 104 Å². The highest BCUT2D eigenvalue weighted by Crippen LogP contribution is 2.34. The van der Waals surface area contributed by atoms with Crippen molar-refractivity contribution in [3.63, 3.8) is 0 Å². The molecule has 1 saturated carbocycles. The second kappa shape index (κ2) is 4.45. The lowest BCUT2D eigenvalue weighted by atomic mass is 9.89. The number of aromatic nitrogens is 2. The van der Waals surface area contributed by atoms with Gasteiger partial charge in [0.2, 0.25) is 0 Å². The molecular weight excluding hydrogens is 232 g/mol. The highest BCUT2D eigenvalue weighted by Gasteiger charge is 2.22. The Kier molecular flexibility index (Phi) is 2.81. The monoisotopic (exact) mass is 246 g/mol. The molecule has 0 amide bonds. The summed E-state index contributed by atoms with van der Waals surface area (Å²) >= 11 is 1.71. The van der Waals surface area contributed by atoms with Crippen LogP contribution in [0.3, 0.4) is 0 Å². The molecule has 2 aromatic rings. The van der Waals surface area contributed by atoms with Crippen LogP contribution in [0.1, 0.15) is 36.6 Å². The number of rotatable bonds is 2. The van der Waals surface area contributed by atoms with E-state index in [-0.39, 0.29) is 0 Å². The van der Waals surface area contributed by atoms with E-state index in [1.165, 1.54) is 5.01 Å².